The summed E-state index contributed by atoms with van der Waals surface area (Å²) in [6.45, 7) is 5.31. The first-order chi connectivity index (χ1) is 16.5. The van der Waals surface area contributed by atoms with E-state index in [9.17, 15) is 9.59 Å². The zero-order valence-corrected chi connectivity index (χ0v) is 19.3. The van der Waals surface area contributed by atoms with Crippen LogP contribution in [0.2, 0.25) is 0 Å². The number of pyridine rings is 1. The van der Waals surface area contributed by atoms with Crippen molar-refractivity contribution in [2.75, 3.05) is 52.1 Å². The van der Waals surface area contributed by atoms with E-state index in [2.05, 4.69) is 21.8 Å². The Morgan fingerprint density at radius 2 is 1.65 bits per heavy atom. The number of anilines is 1. The van der Waals surface area contributed by atoms with Crippen molar-refractivity contribution in [3.05, 3.63) is 71.3 Å². The summed E-state index contributed by atoms with van der Waals surface area (Å²) in [5.41, 5.74) is 9.94. The van der Waals surface area contributed by atoms with Gasteiger partial charge in [-0.3, -0.25) is 4.79 Å². The summed E-state index contributed by atoms with van der Waals surface area (Å²) in [6, 6.07) is 16.7. The van der Waals surface area contributed by atoms with Crippen molar-refractivity contribution in [1.82, 2.24) is 14.8 Å². The zero-order chi connectivity index (χ0) is 23.7. The van der Waals surface area contributed by atoms with Crippen LogP contribution in [0.4, 0.5) is 5.82 Å². The summed E-state index contributed by atoms with van der Waals surface area (Å²) in [6.07, 6.45) is 0.739. The lowest BCUT2D eigenvalue weighted by atomic mass is 9.96. The third kappa shape index (κ3) is 4.08. The van der Waals surface area contributed by atoms with Crippen LogP contribution in [0.25, 0.3) is 22.4 Å². The number of nitrogens with two attached hydrogens (primary N) is 1. The maximum absolute atomic E-state index is 13.4. The van der Waals surface area contributed by atoms with Gasteiger partial charge in [0, 0.05) is 49.4 Å². The highest BCUT2D eigenvalue weighted by Gasteiger charge is 2.36. The molecule has 1 aromatic heterocycles. The van der Waals surface area contributed by atoms with Gasteiger partial charge in [0.1, 0.15) is 11.4 Å². The molecule has 2 N–H and O–H groups in total. The molecule has 0 bridgehead atoms. The van der Waals surface area contributed by atoms with Gasteiger partial charge in [-0.15, -0.1) is 0 Å². The van der Waals surface area contributed by atoms with Gasteiger partial charge in [0.25, 0.3) is 0 Å². The lowest BCUT2D eigenvalue weighted by Gasteiger charge is -2.32. The number of nitrogens with zero attached hydrogens (tertiary/aromatic N) is 3. The fourth-order valence-corrected chi connectivity index (χ4v) is 4.74. The number of benzene rings is 2. The maximum atomic E-state index is 13.4. The van der Waals surface area contributed by atoms with Crippen LogP contribution >= 0.6 is 0 Å². The van der Waals surface area contributed by atoms with Gasteiger partial charge in [-0.1, -0.05) is 54.6 Å². The van der Waals surface area contributed by atoms with Gasteiger partial charge >= 0.3 is 5.97 Å². The van der Waals surface area contributed by atoms with Crippen LogP contribution < -0.4 is 5.73 Å². The molecule has 0 saturated carbocycles. The molecule has 174 valence electrons. The molecule has 7 nitrogen and oxygen atoms in total. The van der Waals surface area contributed by atoms with Crippen LogP contribution in [0.15, 0.2) is 54.6 Å². The van der Waals surface area contributed by atoms with Crippen LogP contribution in [0, 0.1) is 0 Å². The number of esters is 1. The van der Waals surface area contributed by atoms with Gasteiger partial charge in [0.05, 0.1) is 17.9 Å². The molecule has 0 unspecified atom stereocenters. The van der Waals surface area contributed by atoms with Gasteiger partial charge in [-0.25, -0.2) is 9.78 Å². The van der Waals surface area contributed by atoms with E-state index in [-0.39, 0.29) is 23.8 Å². The van der Waals surface area contributed by atoms with E-state index in [0.29, 0.717) is 27.9 Å². The monoisotopic (exact) mass is 456 g/mol. The van der Waals surface area contributed by atoms with Crippen molar-refractivity contribution in [3.8, 4) is 22.4 Å². The normalized spacial score (nSPS) is 15.7. The molecule has 7 heteroatoms. The Hall–Kier alpha value is -3.55. The molecule has 0 spiro atoms. The molecule has 0 amide bonds. The summed E-state index contributed by atoms with van der Waals surface area (Å²) >= 11 is 0. The predicted molar refractivity (Wildman–Crippen MR) is 132 cm³/mol. The van der Waals surface area contributed by atoms with Crippen molar-refractivity contribution in [2.45, 2.75) is 6.42 Å². The van der Waals surface area contributed by atoms with E-state index in [1.807, 2.05) is 48.5 Å². The fraction of sp³-hybridized carbons (Fsp3) is 0.296. The molecule has 34 heavy (non-hydrogen) atoms. The number of hydrogen-bond acceptors (Lipinski definition) is 7. The molecule has 1 saturated heterocycles. The first-order valence-corrected chi connectivity index (χ1v) is 11.7. The minimum atomic E-state index is -0.538. The number of fused-ring (bicyclic) bond motifs is 3. The predicted octanol–water partition coefficient (Wildman–Crippen LogP) is 3.34. The lowest BCUT2D eigenvalue weighted by molar-refractivity contribution is 0.0481. The molecule has 2 heterocycles. The van der Waals surface area contributed by atoms with E-state index < -0.39 is 5.97 Å². The zero-order valence-electron chi connectivity index (χ0n) is 19.3. The number of carbonyl (C=O) groups is 2. The molecule has 5 rings (SSSR count). The number of ether oxygens (including phenoxy) is 1. The highest BCUT2D eigenvalue weighted by atomic mass is 16.5. The van der Waals surface area contributed by atoms with E-state index >= 15 is 0 Å². The highest BCUT2D eigenvalue weighted by molar-refractivity contribution is 6.27. The molecular formula is C27H28N4O3. The van der Waals surface area contributed by atoms with Crippen molar-refractivity contribution >= 4 is 17.6 Å². The van der Waals surface area contributed by atoms with Crippen molar-refractivity contribution in [1.29, 1.82) is 0 Å². The lowest BCUT2D eigenvalue weighted by Crippen LogP contribution is -2.44. The smallest absolute Gasteiger partial charge is 0.342 e. The standard InChI is InChI=1S/C27H28N4O3/c1-30-13-15-31(16-14-30)12-7-17-34-27(33)23-21-19-10-5-6-11-20(19)25(32)22(21)24(29-26(23)28)18-8-3-2-4-9-18/h2-6,8-11H,7,12-17H2,1H3,(H2,28,29). The van der Waals surface area contributed by atoms with E-state index in [4.69, 9.17) is 10.5 Å². The van der Waals surface area contributed by atoms with Crippen molar-refractivity contribution in [3.63, 3.8) is 0 Å². The topological polar surface area (TPSA) is 88.8 Å². The van der Waals surface area contributed by atoms with E-state index in [1.165, 1.54) is 0 Å². The number of likely N-dealkylation sites (N-methyl/N-ethyl adjacent to an activating group) is 1. The van der Waals surface area contributed by atoms with Gasteiger partial charge in [-0.2, -0.15) is 0 Å². The Kier molecular flexibility index (Phi) is 6.13. The van der Waals surface area contributed by atoms with Crippen LogP contribution in [0.1, 0.15) is 32.7 Å². The number of hydrogen-bond donors (Lipinski definition) is 1. The largest absolute Gasteiger partial charge is 0.462 e. The van der Waals surface area contributed by atoms with E-state index in [0.717, 1.165) is 44.7 Å². The van der Waals surface area contributed by atoms with Gasteiger partial charge in [0.2, 0.25) is 0 Å². The Morgan fingerprint density at radius 3 is 2.38 bits per heavy atom. The third-order valence-electron chi connectivity index (χ3n) is 6.59. The molecule has 1 aliphatic heterocycles. The summed E-state index contributed by atoms with van der Waals surface area (Å²) < 4.78 is 5.63. The van der Waals surface area contributed by atoms with Gasteiger partial charge < -0.3 is 20.3 Å². The van der Waals surface area contributed by atoms with Crippen molar-refractivity contribution < 1.29 is 14.3 Å². The van der Waals surface area contributed by atoms with Gasteiger partial charge in [-0.05, 0) is 19.0 Å². The number of piperazine rings is 1. The molecular weight excluding hydrogens is 428 g/mol. The second-order valence-corrected chi connectivity index (χ2v) is 8.85. The molecule has 0 atom stereocenters. The summed E-state index contributed by atoms with van der Waals surface area (Å²) in [5.74, 6) is -0.615. The number of ketones is 1. The van der Waals surface area contributed by atoms with Crippen molar-refractivity contribution in [2.24, 2.45) is 0 Å². The Bertz CT molecular complexity index is 1230. The van der Waals surface area contributed by atoms with Crippen LogP contribution in [-0.2, 0) is 4.74 Å². The SMILES string of the molecule is CN1CCN(CCCOC(=O)c2c(N)nc(-c3ccccc3)c3c2-c2ccccc2C3=O)CC1. The highest BCUT2D eigenvalue weighted by Crippen LogP contribution is 2.44. The Balaban J connectivity index is 1.43. The summed E-state index contributed by atoms with van der Waals surface area (Å²) in [5, 5.41) is 0. The molecule has 3 aromatic rings. The quantitative estimate of drug-likeness (QED) is 0.352. The molecule has 2 aliphatic rings. The van der Waals surface area contributed by atoms with Gasteiger partial charge in [0.15, 0.2) is 5.78 Å². The van der Waals surface area contributed by atoms with Crippen LogP contribution in [-0.4, -0.2) is 72.9 Å². The minimum absolute atomic E-state index is 0.0752. The number of aromatic nitrogens is 1. The molecule has 2 aromatic carbocycles. The minimum Gasteiger partial charge on any atom is -0.462 e. The number of rotatable bonds is 6. The third-order valence-corrected chi connectivity index (χ3v) is 6.59. The molecule has 0 radical (unpaired) electrons. The summed E-state index contributed by atoms with van der Waals surface area (Å²) in [7, 11) is 2.13. The van der Waals surface area contributed by atoms with Crippen LogP contribution in [0.5, 0.6) is 0 Å². The average Bonchev–Trinajstić information content (AvgIpc) is 3.15. The average molecular weight is 457 g/mol. The maximum Gasteiger partial charge on any atom is 0.342 e. The Morgan fingerprint density at radius 1 is 0.971 bits per heavy atom. The first kappa shape index (κ1) is 22.3. The number of nitrogen functional groups attached to an aromatic ring is 1. The van der Waals surface area contributed by atoms with Crippen LogP contribution in [0.3, 0.4) is 0 Å². The Labute approximate surface area is 199 Å². The molecule has 1 aliphatic carbocycles. The second kappa shape index (κ2) is 9.37. The molecule has 1 fully saturated rings. The fourth-order valence-electron chi connectivity index (χ4n) is 4.74. The first-order valence-electron chi connectivity index (χ1n) is 11.7. The summed E-state index contributed by atoms with van der Waals surface area (Å²) in [4.78, 5) is 35.8. The number of carbonyl (C=O) groups excluding carboxylic acids is 2. The second-order valence-electron chi connectivity index (χ2n) is 8.85. The van der Waals surface area contributed by atoms with E-state index in [1.54, 1.807) is 6.07 Å².